The number of carbonyl (C=O) groups is 1. The Morgan fingerprint density at radius 2 is 1.88 bits per heavy atom. The molecule has 1 heterocycles. The number of hydrogen-bond acceptors (Lipinski definition) is 2. The molecule has 1 saturated carbocycles. The maximum Gasteiger partial charge on any atom is 0.226 e. The topological polar surface area (TPSA) is 24.7 Å². The fourth-order valence-electron chi connectivity index (χ4n) is 6.22. The maximum absolute atomic E-state index is 12.9. The van der Waals surface area contributed by atoms with Crippen molar-refractivity contribution >= 4 is 5.78 Å². The Labute approximate surface area is 157 Å². The van der Waals surface area contributed by atoms with E-state index in [-0.39, 0.29) is 22.5 Å². The lowest BCUT2D eigenvalue weighted by atomic mass is 9.46. The van der Waals surface area contributed by atoms with Gasteiger partial charge in [-0.2, -0.15) is 0 Å². The summed E-state index contributed by atoms with van der Waals surface area (Å²) in [7, 11) is 0. The normalized spacial score (nSPS) is 38.6. The third-order valence-electron chi connectivity index (χ3n) is 7.71. The third kappa shape index (κ3) is 2.27. The second kappa shape index (κ2) is 5.59. The second-order valence-corrected chi connectivity index (χ2v) is 9.71. The summed E-state index contributed by atoms with van der Waals surface area (Å²) in [4.78, 5) is 19.0. The number of carbonyl (C=O) groups excluding carboxylic acids is 1. The Hall–Kier alpha value is -1.82. The van der Waals surface area contributed by atoms with E-state index in [0.717, 1.165) is 32.4 Å². The van der Waals surface area contributed by atoms with Crippen molar-refractivity contribution in [3.8, 4) is 0 Å². The standard InChI is InChI=1S/C23H30N2O/c1-21(2)18-9-11-22(3)10-8-16(25-12-6-7-13-25)14-19(22)23(18,4)15-17(24-5)20(21)26/h8,14-15,18H,6-7,9-13H2,1-4H3/t18-,22+,23-/m0/s1. The van der Waals surface area contributed by atoms with E-state index in [1.54, 1.807) is 0 Å². The van der Waals surface area contributed by atoms with Crippen LogP contribution in [0, 0.1) is 28.7 Å². The summed E-state index contributed by atoms with van der Waals surface area (Å²) in [5.41, 5.74) is 2.63. The lowest BCUT2D eigenvalue weighted by molar-refractivity contribution is -0.130. The van der Waals surface area contributed by atoms with E-state index in [0.29, 0.717) is 5.70 Å². The minimum absolute atomic E-state index is 0.0327. The first-order valence-corrected chi connectivity index (χ1v) is 10.1. The molecule has 26 heavy (non-hydrogen) atoms. The molecule has 138 valence electrons. The molecule has 3 nitrogen and oxygen atoms in total. The van der Waals surface area contributed by atoms with Gasteiger partial charge in [0, 0.05) is 29.6 Å². The van der Waals surface area contributed by atoms with Crippen LogP contribution >= 0.6 is 0 Å². The average Bonchev–Trinajstić information content (AvgIpc) is 3.12. The van der Waals surface area contributed by atoms with Crippen LogP contribution in [0.1, 0.15) is 59.8 Å². The van der Waals surface area contributed by atoms with E-state index in [1.165, 1.54) is 24.1 Å². The summed E-state index contributed by atoms with van der Waals surface area (Å²) < 4.78 is 0. The minimum atomic E-state index is -0.472. The molecule has 0 aromatic rings. The molecular formula is C23H30N2O. The molecule has 3 heteroatoms. The van der Waals surface area contributed by atoms with Gasteiger partial charge in [-0.3, -0.25) is 0 Å². The van der Waals surface area contributed by atoms with Crippen molar-refractivity contribution in [3.05, 3.63) is 46.6 Å². The molecule has 0 amide bonds. The number of rotatable bonds is 1. The van der Waals surface area contributed by atoms with E-state index in [4.69, 9.17) is 6.57 Å². The van der Waals surface area contributed by atoms with E-state index in [2.05, 4.69) is 49.6 Å². The van der Waals surface area contributed by atoms with Gasteiger partial charge in [0.25, 0.3) is 0 Å². The number of likely N-dealkylation sites (tertiary alicyclic amines) is 1. The molecule has 0 N–H and O–H groups in total. The van der Waals surface area contributed by atoms with Crippen LogP contribution in [0.2, 0.25) is 0 Å². The summed E-state index contributed by atoms with van der Waals surface area (Å²) in [5, 5.41) is 0. The van der Waals surface area contributed by atoms with Gasteiger partial charge in [0.1, 0.15) is 0 Å². The molecule has 2 fully saturated rings. The van der Waals surface area contributed by atoms with Crippen LogP contribution < -0.4 is 0 Å². The average molecular weight is 351 g/mol. The Kier molecular flexibility index (Phi) is 3.78. The van der Waals surface area contributed by atoms with Gasteiger partial charge < -0.3 is 9.69 Å². The SMILES string of the molecule is [C-]#[N+]C1=C[C@]2(C)C3=CC(N4CCCC4)=CC[C@]3(C)CC[C@H]2C(C)(C)C1=O. The van der Waals surface area contributed by atoms with Crippen LogP contribution in [-0.2, 0) is 4.79 Å². The van der Waals surface area contributed by atoms with Crippen molar-refractivity contribution in [2.45, 2.75) is 59.8 Å². The van der Waals surface area contributed by atoms with Crippen LogP contribution in [0.25, 0.3) is 4.85 Å². The van der Waals surface area contributed by atoms with Crippen molar-refractivity contribution in [3.63, 3.8) is 0 Å². The van der Waals surface area contributed by atoms with E-state index in [1.807, 2.05) is 6.08 Å². The number of Topliss-reactive ketones (excluding diaryl/α,β-unsaturated/α-hetero) is 1. The van der Waals surface area contributed by atoms with Gasteiger partial charge >= 0.3 is 0 Å². The zero-order chi connectivity index (χ0) is 18.7. The highest BCUT2D eigenvalue weighted by atomic mass is 16.1. The van der Waals surface area contributed by atoms with Crippen LogP contribution in [0.4, 0.5) is 0 Å². The number of fused-ring (bicyclic) bond motifs is 3. The minimum Gasteiger partial charge on any atom is -0.372 e. The van der Waals surface area contributed by atoms with Crippen molar-refractivity contribution in [2.24, 2.45) is 22.2 Å². The van der Waals surface area contributed by atoms with Crippen LogP contribution in [-0.4, -0.2) is 23.8 Å². The van der Waals surface area contributed by atoms with Crippen molar-refractivity contribution in [1.29, 1.82) is 0 Å². The molecule has 0 spiro atoms. The molecule has 4 aliphatic rings. The Morgan fingerprint density at radius 1 is 1.19 bits per heavy atom. The predicted molar refractivity (Wildman–Crippen MR) is 104 cm³/mol. The van der Waals surface area contributed by atoms with Gasteiger partial charge in [-0.25, -0.2) is 4.85 Å². The first-order valence-electron chi connectivity index (χ1n) is 10.1. The van der Waals surface area contributed by atoms with Crippen molar-refractivity contribution < 1.29 is 4.79 Å². The van der Waals surface area contributed by atoms with Crippen LogP contribution in [0.15, 0.2) is 35.2 Å². The first kappa shape index (κ1) is 17.6. The Bertz CT molecular complexity index is 788. The van der Waals surface area contributed by atoms with Gasteiger partial charge in [0.15, 0.2) is 5.78 Å². The highest BCUT2D eigenvalue weighted by Gasteiger charge is 2.58. The number of allylic oxidation sites excluding steroid dienone is 5. The molecule has 0 aromatic carbocycles. The molecule has 0 radical (unpaired) electrons. The molecule has 1 aliphatic heterocycles. The van der Waals surface area contributed by atoms with Gasteiger partial charge in [0.05, 0.1) is 6.57 Å². The third-order valence-corrected chi connectivity index (χ3v) is 7.71. The smallest absolute Gasteiger partial charge is 0.226 e. The quantitative estimate of drug-likeness (QED) is 0.612. The molecular weight excluding hydrogens is 320 g/mol. The van der Waals surface area contributed by atoms with E-state index < -0.39 is 5.41 Å². The molecule has 0 aromatic heterocycles. The predicted octanol–water partition coefficient (Wildman–Crippen LogP) is 5.13. The molecule has 0 unspecified atom stereocenters. The van der Waals surface area contributed by atoms with Gasteiger partial charge in [-0.15, -0.1) is 0 Å². The first-order chi connectivity index (χ1) is 12.2. The zero-order valence-electron chi connectivity index (χ0n) is 16.6. The van der Waals surface area contributed by atoms with Crippen LogP contribution in [0.5, 0.6) is 0 Å². The summed E-state index contributed by atoms with van der Waals surface area (Å²) in [5.74, 6) is 0.301. The largest absolute Gasteiger partial charge is 0.372 e. The molecule has 3 atom stereocenters. The Balaban J connectivity index is 1.86. The van der Waals surface area contributed by atoms with Crippen molar-refractivity contribution in [1.82, 2.24) is 4.90 Å². The fraction of sp³-hybridized carbons (Fsp3) is 0.652. The summed E-state index contributed by atoms with van der Waals surface area (Å²) in [6.45, 7) is 18.6. The highest BCUT2D eigenvalue weighted by Crippen LogP contribution is 2.64. The zero-order valence-corrected chi connectivity index (χ0v) is 16.6. The van der Waals surface area contributed by atoms with E-state index >= 15 is 0 Å². The molecule has 1 saturated heterocycles. The lowest BCUT2D eigenvalue weighted by Gasteiger charge is -2.58. The fourth-order valence-corrected chi connectivity index (χ4v) is 6.22. The maximum atomic E-state index is 12.9. The summed E-state index contributed by atoms with van der Waals surface area (Å²) >= 11 is 0. The van der Waals surface area contributed by atoms with Crippen molar-refractivity contribution in [2.75, 3.05) is 13.1 Å². The summed E-state index contributed by atoms with van der Waals surface area (Å²) in [6.07, 6.45) is 12.7. The second-order valence-electron chi connectivity index (χ2n) is 9.71. The monoisotopic (exact) mass is 350 g/mol. The number of ketones is 1. The van der Waals surface area contributed by atoms with Gasteiger partial charge in [-0.05, 0) is 49.5 Å². The number of hydrogen-bond donors (Lipinski definition) is 0. The van der Waals surface area contributed by atoms with Gasteiger partial charge in [0.2, 0.25) is 5.70 Å². The number of nitrogens with zero attached hydrogens (tertiary/aromatic N) is 2. The Morgan fingerprint density at radius 3 is 2.54 bits per heavy atom. The van der Waals surface area contributed by atoms with Crippen LogP contribution in [0.3, 0.4) is 0 Å². The lowest BCUT2D eigenvalue weighted by Crippen LogP contribution is -2.53. The summed E-state index contributed by atoms with van der Waals surface area (Å²) in [6, 6.07) is 0. The molecule has 3 aliphatic carbocycles. The molecule has 4 rings (SSSR count). The van der Waals surface area contributed by atoms with E-state index in [9.17, 15) is 4.79 Å². The van der Waals surface area contributed by atoms with Gasteiger partial charge in [-0.1, -0.05) is 45.4 Å². The molecule has 0 bridgehead atoms. The highest BCUT2D eigenvalue weighted by molar-refractivity contribution is 6.02.